The molecule has 0 amide bonds. The third kappa shape index (κ3) is 3.82. The third-order valence-electron chi connectivity index (χ3n) is 5.16. The molecule has 0 aliphatic rings. The number of unbranched alkanes of at least 4 members (excludes halogenated alkanes) is 1. The van der Waals surface area contributed by atoms with Crippen LogP contribution in [0.4, 0.5) is 5.69 Å². The molecule has 0 saturated carbocycles. The number of nitrogens with zero attached hydrogens (tertiary/aromatic N) is 5. The second-order valence-corrected chi connectivity index (χ2v) is 7.44. The molecule has 0 aliphatic carbocycles. The van der Waals surface area contributed by atoms with E-state index in [9.17, 15) is 5.11 Å². The quantitative estimate of drug-likeness (QED) is 0.298. The van der Waals surface area contributed by atoms with E-state index in [1.54, 1.807) is 31.0 Å². The maximum atomic E-state index is 10.2. The van der Waals surface area contributed by atoms with E-state index < -0.39 is 6.23 Å². The number of H-pyrrole nitrogens is 2. The number of aromatic amines is 2. The molecule has 0 aliphatic heterocycles. The van der Waals surface area contributed by atoms with Gasteiger partial charge >= 0.3 is 0 Å². The first-order chi connectivity index (χ1) is 15.2. The number of aliphatic hydroxyl groups is 1. The fourth-order valence-corrected chi connectivity index (χ4v) is 3.55. The fourth-order valence-electron chi connectivity index (χ4n) is 3.55. The van der Waals surface area contributed by atoms with Gasteiger partial charge in [-0.3, -0.25) is 15.1 Å². The summed E-state index contributed by atoms with van der Waals surface area (Å²) >= 11 is 0. The van der Waals surface area contributed by atoms with Crippen molar-refractivity contribution < 1.29 is 5.11 Å². The Morgan fingerprint density at radius 1 is 1.10 bits per heavy atom. The van der Waals surface area contributed by atoms with Crippen LogP contribution < -0.4 is 5.32 Å². The summed E-state index contributed by atoms with van der Waals surface area (Å²) in [6.45, 7) is 2.10. The van der Waals surface area contributed by atoms with Crippen LogP contribution in [0.3, 0.4) is 0 Å². The van der Waals surface area contributed by atoms with Crippen molar-refractivity contribution in [3.8, 4) is 22.6 Å². The molecular formula is C22H22N8O. The second-order valence-electron chi connectivity index (χ2n) is 7.44. The van der Waals surface area contributed by atoms with Gasteiger partial charge in [-0.2, -0.15) is 5.10 Å². The molecule has 0 spiro atoms. The number of hydrogen-bond donors (Lipinski definition) is 4. The molecule has 1 atom stereocenters. The lowest BCUT2D eigenvalue weighted by Crippen LogP contribution is -2.18. The molecule has 0 bridgehead atoms. The zero-order valence-electron chi connectivity index (χ0n) is 17.0. The number of aromatic nitrogens is 7. The average molecular weight is 414 g/mol. The minimum Gasteiger partial charge on any atom is -0.374 e. The highest BCUT2D eigenvalue weighted by Gasteiger charge is 2.15. The van der Waals surface area contributed by atoms with Crippen LogP contribution in [-0.4, -0.2) is 46.5 Å². The van der Waals surface area contributed by atoms with Crippen LogP contribution in [-0.2, 0) is 0 Å². The van der Waals surface area contributed by atoms with E-state index in [1.807, 2.05) is 18.2 Å². The molecule has 9 nitrogen and oxygen atoms in total. The van der Waals surface area contributed by atoms with Crippen molar-refractivity contribution >= 4 is 27.8 Å². The summed E-state index contributed by atoms with van der Waals surface area (Å²) in [5.41, 5.74) is 5.60. The topological polar surface area (TPSA) is 128 Å². The zero-order valence-corrected chi connectivity index (χ0v) is 17.0. The van der Waals surface area contributed by atoms with Crippen molar-refractivity contribution in [3.63, 3.8) is 0 Å². The minimum atomic E-state index is -0.597. The van der Waals surface area contributed by atoms with Crippen molar-refractivity contribution in [1.82, 2.24) is 35.1 Å². The molecule has 0 fully saturated rings. The lowest BCUT2D eigenvalue weighted by atomic mass is 10.1. The predicted octanol–water partition coefficient (Wildman–Crippen LogP) is 3.88. The molecule has 9 heteroatoms. The molecule has 1 unspecified atom stereocenters. The Labute approximate surface area is 178 Å². The van der Waals surface area contributed by atoms with Gasteiger partial charge in [0.15, 0.2) is 11.5 Å². The molecule has 0 radical (unpaired) electrons. The number of nitrogens with one attached hydrogen (secondary N) is 3. The Morgan fingerprint density at radius 2 is 2.00 bits per heavy atom. The molecular weight excluding hydrogens is 392 g/mol. The van der Waals surface area contributed by atoms with Crippen molar-refractivity contribution in [1.29, 1.82) is 0 Å². The standard InChI is InChI=1S/C22H22N8O/c1-2-3-4-19(31)26-15-7-13(9-24-11-15)14-8-16-20(29-30-21(16)25-10-14)22-27-17-5-6-23-12-18(17)28-22/h5-12,19,26,31H,2-4H2,1H3,(H,27,28)(H,25,29,30). The summed E-state index contributed by atoms with van der Waals surface area (Å²) in [5, 5.41) is 21.5. The van der Waals surface area contributed by atoms with E-state index in [0.717, 1.165) is 46.1 Å². The van der Waals surface area contributed by atoms with Gasteiger partial charge in [0.1, 0.15) is 11.9 Å². The van der Waals surface area contributed by atoms with Crippen LogP contribution in [0.2, 0.25) is 0 Å². The predicted molar refractivity (Wildman–Crippen MR) is 119 cm³/mol. The van der Waals surface area contributed by atoms with Gasteiger partial charge in [-0.25, -0.2) is 9.97 Å². The number of rotatable bonds is 7. The molecule has 5 aromatic rings. The number of anilines is 1. The summed E-state index contributed by atoms with van der Waals surface area (Å²) in [6.07, 6.45) is 10.8. The molecule has 5 rings (SSSR count). The van der Waals surface area contributed by atoms with E-state index in [-0.39, 0.29) is 0 Å². The van der Waals surface area contributed by atoms with Gasteiger partial charge in [-0.15, -0.1) is 0 Å². The Hall–Kier alpha value is -3.85. The highest BCUT2D eigenvalue weighted by Crippen LogP contribution is 2.29. The Bertz CT molecular complexity index is 1310. The maximum Gasteiger partial charge on any atom is 0.159 e. The van der Waals surface area contributed by atoms with Crippen LogP contribution in [0.1, 0.15) is 26.2 Å². The normalized spacial score (nSPS) is 12.5. The number of imidazole rings is 1. The van der Waals surface area contributed by atoms with E-state index in [0.29, 0.717) is 23.6 Å². The van der Waals surface area contributed by atoms with Crippen molar-refractivity contribution in [2.45, 2.75) is 32.4 Å². The molecule has 0 saturated heterocycles. The Balaban J connectivity index is 1.49. The van der Waals surface area contributed by atoms with E-state index >= 15 is 0 Å². The van der Waals surface area contributed by atoms with Crippen molar-refractivity contribution in [3.05, 3.63) is 49.2 Å². The first-order valence-corrected chi connectivity index (χ1v) is 10.3. The van der Waals surface area contributed by atoms with Gasteiger partial charge < -0.3 is 15.4 Å². The van der Waals surface area contributed by atoms with Crippen LogP contribution in [0.5, 0.6) is 0 Å². The van der Waals surface area contributed by atoms with Crippen molar-refractivity contribution in [2.24, 2.45) is 0 Å². The maximum absolute atomic E-state index is 10.2. The largest absolute Gasteiger partial charge is 0.374 e. The van der Waals surface area contributed by atoms with Crippen molar-refractivity contribution in [2.75, 3.05) is 5.32 Å². The van der Waals surface area contributed by atoms with Gasteiger partial charge in [0.05, 0.1) is 34.5 Å². The summed E-state index contributed by atoms with van der Waals surface area (Å²) in [7, 11) is 0. The molecule has 156 valence electrons. The average Bonchev–Trinajstić information content (AvgIpc) is 3.41. The first kappa shape index (κ1) is 19.1. The smallest absolute Gasteiger partial charge is 0.159 e. The molecule has 5 heterocycles. The first-order valence-electron chi connectivity index (χ1n) is 10.3. The van der Waals surface area contributed by atoms with Crippen LogP contribution in [0, 0.1) is 0 Å². The molecule has 0 aromatic carbocycles. The highest BCUT2D eigenvalue weighted by atomic mass is 16.3. The van der Waals surface area contributed by atoms with Gasteiger partial charge in [0.2, 0.25) is 0 Å². The molecule has 4 N–H and O–H groups in total. The zero-order chi connectivity index (χ0) is 21.2. The third-order valence-corrected chi connectivity index (χ3v) is 5.16. The van der Waals surface area contributed by atoms with E-state index in [2.05, 4.69) is 47.4 Å². The summed E-state index contributed by atoms with van der Waals surface area (Å²) in [4.78, 5) is 20.9. The van der Waals surface area contributed by atoms with Gasteiger partial charge in [0.25, 0.3) is 0 Å². The van der Waals surface area contributed by atoms with Crippen LogP contribution in [0.15, 0.2) is 49.2 Å². The lowest BCUT2D eigenvalue weighted by molar-refractivity contribution is 0.190. The SMILES string of the molecule is CCCCC(O)Nc1cncc(-c2cnc3[nH]nc(-c4nc5ccncc5[nH]4)c3c2)c1. The number of hydrogen-bond acceptors (Lipinski definition) is 7. The summed E-state index contributed by atoms with van der Waals surface area (Å²) in [5.74, 6) is 0.654. The van der Waals surface area contributed by atoms with Gasteiger partial charge in [-0.05, 0) is 31.0 Å². The second kappa shape index (κ2) is 8.11. The Kier molecular flexibility index (Phi) is 5.01. The van der Waals surface area contributed by atoms with Gasteiger partial charge in [0, 0.05) is 29.7 Å². The number of aliphatic hydroxyl groups excluding tert-OH is 1. The van der Waals surface area contributed by atoms with E-state index in [1.165, 1.54) is 0 Å². The van der Waals surface area contributed by atoms with E-state index in [4.69, 9.17) is 0 Å². The minimum absolute atomic E-state index is 0.597. The van der Waals surface area contributed by atoms with Crippen LogP contribution in [0.25, 0.3) is 44.7 Å². The number of pyridine rings is 3. The molecule has 31 heavy (non-hydrogen) atoms. The summed E-state index contributed by atoms with van der Waals surface area (Å²) in [6, 6.07) is 5.82. The van der Waals surface area contributed by atoms with Gasteiger partial charge in [-0.1, -0.05) is 13.3 Å². The molecule has 5 aromatic heterocycles. The highest BCUT2D eigenvalue weighted by molar-refractivity contribution is 5.93. The summed E-state index contributed by atoms with van der Waals surface area (Å²) < 4.78 is 0. The fraction of sp³-hybridized carbons (Fsp3) is 0.227. The van der Waals surface area contributed by atoms with Crippen LogP contribution >= 0.6 is 0 Å². The number of fused-ring (bicyclic) bond motifs is 2. The lowest BCUT2D eigenvalue weighted by Gasteiger charge is -2.14. The monoisotopic (exact) mass is 414 g/mol. The Morgan fingerprint density at radius 3 is 2.87 bits per heavy atom.